The molecule has 0 unspecified atom stereocenters. The third-order valence-corrected chi connectivity index (χ3v) is 4.52. The minimum absolute atomic E-state index is 0.0657. The van der Waals surface area contributed by atoms with Crippen molar-refractivity contribution in [3.05, 3.63) is 22.7 Å². The number of ether oxygens (including phenoxy) is 2. The standard InChI is InChI=1S/C10H11Cl3O3/c1-2-3-9(14)6(11)7(12)10(8(9)13)15-4-5-16-10/h2,8,14H,1,3-5H2/t8-,9-/m0/s1. The Bertz CT molecular complexity index is 349. The minimum Gasteiger partial charge on any atom is -0.382 e. The van der Waals surface area contributed by atoms with Crippen LogP contribution in [0.4, 0.5) is 0 Å². The van der Waals surface area contributed by atoms with E-state index in [4.69, 9.17) is 44.3 Å². The van der Waals surface area contributed by atoms with Crippen LogP contribution >= 0.6 is 34.8 Å². The molecular weight excluding hydrogens is 274 g/mol. The lowest BCUT2D eigenvalue weighted by Gasteiger charge is -2.32. The number of hydrogen-bond acceptors (Lipinski definition) is 3. The summed E-state index contributed by atoms with van der Waals surface area (Å²) in [5, 5.41) is 9.69. The van der Waals surface area contributed by atoms with E-state index in [0.29, 0.717) is 13.2 Å². The lowest BCUT2D eigenvalue weighted by molar-refractivity contribution is -0.137. The summed E-state index contributed by atoms with van der Waals surface area (Å²) in [5.41, 5.74) is -1.48. The molecule has 0 aromatic carbocycles. The second-order valence-electron chi connectivity index (χ2n) is 3.77. The number of hydrogen-bond donors (Lipinski definition) is 1. The molecule has 3 nitrogen and oxygen atoms in total. The van der Waals surface area contributed by atoms with Gasteiger partial charge in [0.05, 0.1) is 23.3 Å². The predicted molar refractivity (Wildman–Crippen MR) is 62.8 cm³/mol. The maximum atomic E-state index is 10.4. The van der Waals surface area contributed by atoms with E-state index in [1.54, 1.807) is 0 Å². The van der Waals surface area contributed by atoms with Crippen molar-refractivity contribution in [2.45, 2.75) is 23.2 Å². The average molecular weight is 286 g/mol. The van der Waals surface area contributed by atoms with E-state index in [-0.39, 0.29) is 16.5 Å². The average Bonchev–Trinajstić information content (AvgIpc) is 2.79. The van der Waals surface area contributed by atoms with E-state index in [1.165, 1.54) is 6.08 Å². The quantitative estimate of drug-likeness (QED) is 0.625. The first kappa shape index (κ1) is 12.7. The molecule has 0 radical (unpaired) electrons. The molecule has 1 heterocycles. The number of halogens is 3. The van der Waals surface area contributed by atoms with Crippen molar-refractivity contribution in [3.8, 4) is 0 Å². The van der Waals surface area contributed by atoms with Gasteiger partial charge in [-0.3, -0.25) is 0 Å². The first-order chi connectivity index (χ1) is 7.49. The molecule has 2 atom stereocenters. The van der Waals surface area contributed by atoms with Gasteiger partial charge >= 0.3 is 0 Å². The maximum absolute atomic E-state index is 10.4. The number of alkyl halides is 1. The van der Waals surface area contributed by atoms with Gasteiger partial charge in [0.25, 0.3) is 0 Å². The predicted octanol–water partition coefficient (Wildman–Crippen LogP) is 2.35. The number of rotatable bonds is 2. The van der Waals surface area contributed by atoms with Crippen molar-refractivity contribution in [3.63, 3.8) is 0 Å². The third-order valence-electron chi connectivity index (χ3n) is 2.80. The van der Waals surface area contributed by atoms with Gasteiger partial charge in [-0.2, -0.15) is 0 Å². The molecule has 6 heteroatoms. The molecule has 0 amide bonds. The van der Waals surface area contributed by atoms with Gasteiger partial charge in [0.1, 0.15) is 11.0 Å². The van der Waals surface area contributed by atoms with Gasteiger partial charge < -0.3 is 14.6 Å². The van der Waals surface area contributed by atoms with Gasteiger partial charge in [-0.05, 0) is 0 Å². The van der Waals surface area contributed by atoms with Crippen molar-refractivity contribution in [1.82, 2.24) is 0 Å². The summed E-state index contributed by atoms with van der Waals surface area (Å²) >= 11 is 18.3. The highest BCUT2D eigenvalue weighted by Gasteiger charge is 2.63. The van der Waals surface area contributed by atoms with Gasteiger partial charge in [0.15, 0.2) is 0 Å². The third kappa shape index (κ3) is 1.47. The van der Waals surface area contributed by atoms with Gasteiger partial charge in [-0.1, -0.05) is 29.3 Å². The van der Waals surface area contributed by atoms with Crippen LogP contribution in [0.2, 0.25) is 0 Å². The van der Waals surface area contributed by atoms with Gasteiger partial charge in [0, 0.05) is 6.42 Å². The second kappa shape index (κ2) is 4.16. The van der Waals surface area contributed by atoms with Gasteiger partial charge in [-0.15, -0.1) is 18.2 Å². The first-order valence-electron chi connectivity index (χ1n) is 4.80. The molecule has 0 saturated carbocycles. The highest BCUT2D eigenvalue weighted by Crippen LogP contribution is 2.54. The van der Waals surface area contributed by atoms with Crippen LogP contribution in [0, 0.1) is 0 Å². The van der Waals surface area contributed by atoms with Crippen molar-refractivity contribution in [1.29, 1.82) is 0 Å². The zero-order chi connectivity index (χ0) is 12.0. The Morgan fingerprint density at radius 3 is 2.44 bits per heavy atom. The smallest absolute Gasteiger partial charge is 0.227 e. The topological polar surface area (TPSA) is 38.7 Å². The van der Waals surface area contributed by atoms with Crippen LogP contribution in [0.5, 0.6) is 0 Å². The molecule has 16 heavy (non-hydrogen) atoms. The van der Waals surface area contributed by atoms with E-state index in [9.17, 15) is 5.11 Å². The Kier molecular flexibility index (Phi) is 3.30. The molecule has 90 valence electrons. The Morgan fingerprint density at radius 1 is 1.38 bits per heavy atom. The molecule has 1 N–H and O–H groups in total. The molecule has 1 saturated heterocycles. The van der Waals surface area contributed by atoms with E-state index >= 15 is 0 Å². The van der Waals surface area contributed by atoms with Gasteiger partial charge in [-0.25, -0.2) is 0 Å². The summed E-state index contributed by atoms with van der Waals surface area (Å²) in [4.78, 5) is 0. The highest BCUT2D eigenvalue weighted by atomic mass is 35.5. The summed E-state index contributed by atoms with van der Waals surface area (Å²) in [6.07, 6.45) is 1.71. The molecule has 2 aliphatic rings. The van der Waals surface area contributed by atoms with Crippen LogP contribution in [0.1, 0.15) is 6.42 Å². The Hall–Kier alpha value is 0.230. The normalized spacial score (nSPS) is 37.4. The van der Waals surface area contributed by atoms with Crippen molar-refractivity contribution >= 4 is 34.8 Å². The molecule has 1 fully saturated rings. The van der Waals surface area contributed by atoms with Crippen LogP contribution in [0.25, 0.3) is 0 Å². The zero-order valence-corrected chi connectivity index (χ0v) is 10.6. The molecule has 1 spiro atoms. The van der Waals surface area contributed by atoms with E-state index in [2.05, 4.69) is 6.58 Å². The fourth-order valence-corrected chi connectivity index (χ4v) is 3.24. The largest absolute Gasteiger partial charge is 0.382 e. The van der Waals surface area contributed by atoms with E-state index in [0.717, 1.165) is 0 Å². The van der Waals surface area contributed by atoms with Crippen molar-refractivity contribution < 1.29 is 14.6 Å². The van der Waals surface area contributed by atoms with Gasteiger partial charge in [0.2, 0.25) is 5.79 Å². The summed E-state index contributed by atoms with van der Waals surface area (Å²) in [6.45, 7) is 4.29. The SMILES string of the molecule is C=CC[C@]1(O)C(Cl)=C(Cl)C2(OCCO2)[C@H]1Cl. The summed E-state index contributed by atoms with van der Waals surface area (Å²) < 4.78 is 10.8. The fourth-order valence-electron chi connectivity index (χ4n) is 1.99. The van der Waals surface area contributed by atoms with E-state index in [1.807, 2.05) is 0 Å². The molecular formula is C10H11Cl3O3. The minimum atomic E-state index is -1.48. The molecule has 1 aliphatic heterocycles. The summed E-state index contributed by atoms with van der Waals surface area (Å²) in [7, 11) is 0. The van der Waals surface area contributed by atoms with Crippen molar-refractivity contribution in [2.75, 3.05) is 13.2 Å². The Labute approximate surface area is 109 Å². The first-order valence-corrected chi connectivity index (χ1v) is 6.00. The van der Waals surface area contributed by atoms with Crippen LogP contribution in [-0.4, -0.2) is 35.1 Å². The second-order valence-corrected chi connectivity index (χ2v) is 4.96. The lowest BCUT2D eigenvalue weighted by Crippen LogP contribution is -2.48. The number of aliphatic hydroxyl groups is 1. The summed E-state index contributed by atoms with van der Waals surface area (Å²) in [5.74, 6) is -1.31. The zero-order valence-electron chi connectivity index (χ0n) is 8.38. The highest BCUT2D eigenvalue weighted by molar-refractivity contribution is 6.43. The molecule has 1 aliphatic carbocycles. The Morgan fingerprint density at radius 2 is 1.94 bits per heavy atom. The molecule has 0 aromatic heterocycles. The lowest BCUT2D eigenvalue weighted by atomic mass is 9.97. The van der Waals surface area contributed by atoms with Crippen LogP contribution in [0.3, 0.4) is 0 Å². The van der Waals surface area contributed by atoms with Crippen molar-refractivity contribution in [2.24, 2.45) is 0 Å². The van der Waals surface area contributed by atoms with E-state index < -0.39 is 16.8 Å². The fraction of sp³-hybridized carbons (Fsp3) is 0.600. The van der Waals surface area contributed by atoms with Crippen LogP contribution < -0.4 is 0 Å². The monoisotopic (exact) mass is 284 g/mol. The molecule has 0 aromatic rings. The Balaban J connectivity index is 2.44. The van der Waals surface area contributed by atoms with Crippen LogP contribution in [0.15, 0.2) is 22.7 Å². The van der Waals surface area contributed by atoms with Crippen LogP contribution in [-0.2, 0) is 9.47 Å². The maximum Gasteiger partial charge on any atom is 0.227 e. The summed E-state index contributed by atoms with van der Waals surface area (Å²) in [6, 6.07) is 0. The molecule has 2 rings (SSSR count). The molecule has 0 bridgehead atoms.